The summed E-state index contributed by atoms with van der Waals surface area (Å²) >= 11 is 1.66. The van der Waals surface area contributed by atoms with Crippen LogP contribution in [-0.4, -0.2) is 42.2 Å². The molecule has 34 heavy (non-hydrogen) atoms. The van der Waals surface area contributed by atoms with Gasteiger partial charge < -0.3 is 14.6 Å². The highest BCUT2D eigenvalue weighted by atomic mass is 32.2. The van der Waals surface area contributed by atoms with Crippen molar-refractivity contribution in [2.24, 2.45) is 46.3 Å². The Morgan fingerprint density at radius 3 is 2.53 bits per heavy atom. The summed E-state index contributed by atoms with van der Waals surface area (Å²) in [6, 6.07) is 0.613. The molecule has 0 bridgehead atoms. The van der Waals surface area contributed by atoms with Crippen LogP contribution in [0.1, 0.15) is 98.3 Å². The van der Waals surface area contributed by atoms with Crippen LogP contribution in [0.4, 0.5) is 0 Å². The zero-order chi connectivity index (χ0) is 24.3. The first-order chi connectivity index (χ1) is 16.3. The van der Waals surface area contributed by atoms with Crippen molar-refractivity contribution in [3.05, 3.63) is 0 Å². The van der Waals surface area contributed by atoms with Crippen molar-refractivity contribution in [3.63, 3.8) is 0 Å². The first-order valence-electron chi connectivity index (χ1n) is 14.4. The molecular formula is C28H53N3O2S. The fourth-order valence-electron chi connectivity index (χ4n) is 9.06. The number of nitrogens with one attached hydrogen (secondary N) is 2. The van der Waals surface area contributed by atoms with Crippen molar-refractivity contribution in [2.45, 2.75) is 117 Å². The maximum absolute atomic E-state index is 11.6. The maximum atomic E-state index is 11.6. The fraction of sp³-hybridized carbons (Fsp3) is 1.00. The minimum atomic E-state index is -0.0957. The number of hydrazine groups is 1. The van der Waals surface area contributed by atoms with Crippen molar-refractivity contribution in [1.82, 2.24) is 10.7 Å². The highest BCUT2D eigenvalue weighted by molar-refractivity contribution is 7.94. The standard InChI is InChI=1S/C28H53N3O2S/c1-19(2)33-34-16-5-7-20-8-9-23-26-24(11-13-27(20,23)3)28(4)12-10-22(30-14-6-15-31-29)17-21(28)18-25(26)32/h19-26,30-32H,5-18,29H2,1-4H3. The molecule has 0 aromatic heterocycles. The Bertz CT molecular complexity index is 651. The van der Waals surface area contributed by atoms with E-state index in [4.69, 9.17) is 10.0 Å². The molecule has 4 rings (SSSR count). The number of rotatable bonds is 11. The highest BCUT2D eigenvalue weighted by Crippen LogP contribution is 2.67. The second kappa shape index (κ2) is 11.7. The van der Waals surface area contributed by atoms with Gasteiger partial charge in [-0.05, 0) is 143 Å². The molecule has 9 unspecified atom stereocenters. The second-order valence-electron chi connectivity index (χ2n) is 13.0. The predicted molar refractivity (Wildman–Crippen MR) is 143 cm³/mol. The van der Waals surface area contributed by atoms with Crippen LogP contribution in [0.2, 0.25) is 0 Å². The number of fused-ring (bicyclic) bond motifs is 5. The summed E-state index contributed by atoms with van der Waals surface area (Å²) in [6.07, 6.45) is 14.2. The van der Waals surface area contributed by atoms with E-state index in [1.165, 1.54) is 57.8 Å². The van der Waals surface area contributed by atoms with Crippen LogP contribution in [0.3, 0.4) is 0 Å². The molecule has 0 saturated heterocycles. The van der Waals surface area contributed by atoms with Crippen molar-refractivity contribution in [3.8, 4) is 0 Å². The van der Waals surface area contributed by atoms with E-state index in [2.05, 4.69) is 38.4 Å². The van der Waals surface area contributed by atoms with Crippen molar-refractivity contribution in [1.29, 1.82) is 0 Å². The van der Waals surface area contributed by atoms with E-state index in [1.807, 2.05) is 0 Å². The van der Waals surface area contributed by atoms with Gasteiger partial charge in [0.2, 0.25) is 0 Å². The molecular weight excluding hydrogens is 442 g/mol. The largest absolute Gasteiger partial charge is 0.393 e. The molecule has 0 amide bonds. The summed E-state index contributed by atoms with van der Waals surface area (Å²) in [6.45, 7) is 11.3. The molecule has 5 N–H and O–H groups in total. The predicted octanol–water partition coefficient (Wildman–Crippen LogP) is 5.28. The van der Waals surface area contributed by atoms with Crippen molar-refractivity contribution in [2.75, 3.05) is 18.8 Å². The van der Waals surface area contributed by atoms with Crippen LogP contribution in [0.25, 0.3) is 0 Å². The zero-order valence-corrected chi connectivity index (χ0v) is 23.2. The van der Waals surface area contributed by atoms with Gasteiger partial charge in [0.15, 0.2) is 0 Å². The van der Waals surface area contributed by atoms with E-state index in [0.29, 0.717) is 34.8 Å². The topological polar surface area (TPSA) is 79.5 Å². The number of hydrogen-bond acceptors (Lipinski definition) is 6. The summed E-state index contributed by atoms with van der Waals surface area (Å²) in [5, 5.41) is 15.4. The molecule has 0 aliphatic heterocycles. The molecule has 0 aromatic carbocycles. The van der Waals surface area contributed by atoms with Crippen molar-refractivity contribution >= 4 is 12.0 Å². The molecule has 4 saturated carbocycles. The summed E-state index contributed by atoms with van der Waals surface area (Å²) < 4.78 is 5.70. The third-order valence-corrected chi connectivity index (χ3v) is 11.8. The minimum Gasteiger partial charge on any atom is -0.393 e. The third-order valence-electron chi connectivity index (χ3n) is 10.9. The Labute approximate surface area is 213 Å². The number of hydrogen-bond donors (Lipinski definition) is 4. The van der Waals surface area contributed by atoms with E-state index in [1.54, 1.807) is 12.0 Å². The number of nitrogens with two attached hydrogens (primary N) is 1. The van der Waals surface area contributed by atoms with Gasteiger partial charge in [0, 0.05) is 18.3 Å². The Balaban J connectivity index is 1.35. The summed E-state index contributed by atoms with van der Waals surface area (Å²) in [5.41, 5.74) is 3.62. The van der Waals surface area contributed by atoms with Crippen molar-refractivity contribution < 1.29 is 9.29 Å². The van der Waals surface area contributed by atoms with Crippen LogP contribution in [0.5, 0.6) is 0 Å². The first-order valence-corrected chi connectivity index (χ1v) is 15.3. The van der Waals surface area contributed by atoms with Gasteiger partial charge in [-0.25, -0.2) is 0 Å². The number of aliphatic hydroxyl groups excluding tert-OH is 1. The van der Waals surface area contributed by atoms with Gasteiger partial charge in [-0.2, -0.15) is 0 Å². The minimum absolute atomic E-state index is 0.0957. The summed E-state index contributed by atoms with van der Waals surface area (Å²) in [4.78, 5) is 0. The van der Waals surface area contributed by atoms with Gasteiger partial charge >= 0.3 is 0 Å². The van der Waals surface area contributed by atoms with Gasteiger partial charge in [-0.1, -0.05) is 13.8 Å². The van der Waals surface area contributed by atoms with E-state index < -0.39 is 0 Å². The molecule has 198 valence electrons. The Morgan fingerprint density at radius 2 is 1.76 bits per heavy atom. The smallest absolute Gasteiger partial charge is 0.0666 e. The van der Waals surface area contributed by atoms with Gasteiger partial charge in [0.05, 0.1) is 12.2 Å². The lowest BCUT2D eigenvalue weighted by atomic mass is 9.44. The van der Waals surface area contributed by atoms with Gasteiger partial charge in [0.25, 0.3) is 0 Å². The number of aliphatic hydroxyl groups is 1. The Kier molecular flexibility index (Phi) is 9.35. The molecule has 4 aliphatic rings. The van der Waals surface area contributed by atoms with Gasteiger partial charge in [-0.3, -0.25) is 11.3 Å². The first kappa shape index (κ1) is 27.2. The summed E-state index contributed by atoms with van der Waals surface area (Å²) in [5.74, 6) is 10.0. The summed E-state index contributed by atoms with van der Waals surface area (Å²) in [7, 11) is 0. The molecule has 5 nitrogen and oxygen atoms in total. The maximum Gasteiger partial charge on any atom is 0.0666 e. The molecule has 0 radical (unpaired) electrons. The average molecular weight is 496 g/mol. The third kappa shape index (κ3) is 5.52. The van der Waals surface area contributed by atoms with E-state index in [9.17, 15) is 5.11 Å². The molecule has 6 heteroatoms. The van der Waals surface area contributed by atoms with Crippen LogP contribution >= 0.6 is 12.0 Å². The molecule has 0 spiro atoms. The van der Waals surface area contributed by atoms with Crippen LogP contribution in [0.15, 0.2) is 0 Å². The lowest BCUT2D eigenvalue weighted by molar-refractivity contribution is -0.165. The van der Waals surface area contributed by atoms with Crippen LogP contribution in [-0.2, 0) is 4.18 Å². The Morgan fingerprint density at radius 1 is 1.00 bits per heavy atom. The van der Waals surface area contributed by atoms with Gasteiger partial charge in [0.1, 0.15) is 0 Å². The van der Waals surface area contributed by atoms with E-state index in [-0.39, 0.29) is 6.10 Å². The quantitative estimate of drug-likeness (QED) is 0.135. The van der Waals surface area contributed by atoms with Crippen LogP contribution in [0, 0.1) is 40.4 Å². The van der Waals surface area contributed by atoms with E-state index in [0.717, 1.165) is 49.4 Å². The Hall–Kier alpha value is 0.150. The average Bonchev–Trinajstić information content (AvgIpc) is 3.13. The monoisotopic (exact) mass is 495 g/mol. The highest BCUT2D eigenvalue weighted by Gasteiger charge is 2.62. The normalized spacial score (nSPS) is 44.0. The van der Waals surface area contributed by atoms with E-state index >= 15 is 0 Å². The second-order valence-corrected chi connectivity index (χ2v) is 13.8. The molecule has 9 atom stereocenters. The van der Waals surface area contributed by atoms with Crippen LogP contribution < -0.4 is 16.6 Å². The lowest BCUT2D eigenvalue weighted by Crippen LogP contribution is -2.59. The SMILES string of the molecule is CC(C)OSCCCC1CCC2C3C(O)CC4CC(NCCCNN)CCC4(C)C3CCC12C. The zero-order valence-electron chi connectivity index (χ0n) is 22.4. The molecule has 0 heterocycles. The van der Waals surface area contributed by atoms with Gasteiger partial charge in [-0.15, -0.1) is 0 Å². The molecule has 0 aromatic rings. The molecule has 4 aliphatic carbocycles. The lowest BCUT2D eigenvalue weighted by Gasteiger charge is -2.62. The molecule has 4 fully saturated rings. The fourth-order valence-corrected chi connectivity index (χ4v) is 9.71.